The molecule has 1 N–H and O–H groups in total. The highest BCUT2D eigenvalue weighted by Crippen LogP contribution is 2.58. The van der Waals surface area contributed by atoms with Crippen LogP contribution in [0.25, 0.3) is 0 Å². The second-order valence-electron chi connectivity index (χ2n) is 7.18. The maximum atomic E-state index is 13.1. The predicted molar refractivity (Wildman–Crippen MR) is 115 cm³/mol. The van der Waals surface area contributed by atoms with Crippen molar-refractivity contribution in [2.75, 3.05) is 14.2 Å². The zero-order valence-electron chi connectivity index (χ0n) is 16.7. The number of rotatable bonds is 3. The van der Waals surface area contributed by atoms with Gasteiger partial charge in [-0.15, -0.1) is 0 Å². The maximum absolute atomic E-state index is 13.1. The van der Waals surface area contributed by atoms with Crippen LogP contribution in [0.1, 0.15) is 37.4 Å². The number of benzene rings is 3. The molecule has 2 aliphatic heterocycles. The average Bonchev–Trinajstić information content (AvgIpc) is 3.07. The molecule has 162 valence electrons. The van der Waals surface area contributed by atoms with E-state index < -0.39 is 17.5 Å². The summed E-state index contributed by atoms with van der Waals surface area (Å²) in [6, 6.07) is 11.4. The van der Waals surface area contributed by atoms with Gasteiger partial charge in [0.05, 0.1) is 35.4 Å². The number of hydrogen-bond acceptors (Lipinski definition) is 6. The summed E-state index contributed by atoms with van der Waals surface area (Å²) in [7, 11) is 3.03. The molecule has 3 aromatic carbocycles. The molecule has 2 heterocycles. The van der Waals surface area contributed by atoms with Crippen LogP contribution in [0.4, 0.5) is 0 Å². The quantitative estimate of drug-likeness (QED) is 0.518. The van der Waals surface area contributed by atoms with E-state index in [4.69, 9.17) is 42.1 Å². The molecule has 0 aromatic heterocycles. The minimum absolute atomic E-state index is 0.00658. The van der Waals surface area contributed by atoms with E-state index in [1.807, 2.05) is 0 Å². The van der Waals surface area contributed by atoms with Crippen LogP contribution in [0.3, 0.4) is 0 Å². The molecular weight excluding hydrogens is 459 g/mol. The summed E-state index contributed by atoms with van der Waals surface area (Å²) in [5.74, 6) is -0.229. The largest absolute Gasteiger partial charge is 0.497 e. The molecule has 0 aliphatic carbocycles. The van der Waals surface area contributed by atoms with Crippen molar-refractivity contribution in [3.8, 4) is 23.0 Å². The topological polar surface area (TPSA) is 91.3 Å². The van der Waals surface area contributed by atoms with E-state index in [1.165, 1.54) is 20.3 Å². The molecule has 0 saturated heterocycles. The van der Waals surface area contributed by atoms with E-state index in [2.05, 4.69) is 0 Å². The van der Waals surface area contributed by atoms with Crippen molar-refractivity contribution in [1.82, 2.24) is 0 Å². The van der Waals surface area contributed by atoms with Gasteiger partial charge in [-0.25, -0.2) is 9.59 Å². The number of carbonyl (C=O) groups is 2. The highest BCUT2D eigenvalue weighted by atomic mass is 35.5. The van der Waals surface area contributed by atoms with Crippen molar-refractivity contribution >= 4 is 35.1 Å². The van der Waals surface area contributed by atoms with Crippen LogP contribution in [0.15, 0.2) is 42.5 Å². The number of halogens is 2. The molecule has 0 radical (unpaired) electrons. The highest BCUT2D eigenvalue weighted by Gasteiger charge is 2.55. The van der Waals surface area contributed by atoms with E-state index in [1.54, 1.807) is 36.4 Å². The fourth-order valence-electron chi connectivity index (χ4n) is 4.18. The monoisotopic (exact) mass is 472 g/mol. The Morgan fingerprint density at radius 2 is 1.47 bits per heavy atom. The van der Waals surface area contributed by atoms with Crippen molar-refractivity contribution in [3.63, 3.8) is 0 Å². The molecule has 1 spiro atoms. The van der Waals surface area contributed by atoms with Gasteiger partial charge >= 0.3 is 11.9 Å². The fourth-order valence-corrected chi connectivity index (χ4v) is 4.69. The zero-order chi connectivity index (χ0) is 22.8. The molecule has 7 nitrogen and oxygen atoms in total. The molecule has 3 aromatic rings. The third-order valence-corrected chi connectivity index (χ3v) is 6.49. The van der Waals surface area contributed by atoms with Gasteiger partial charge in [-0.2, -0.15) is 0 Å². The average molecular weight is 473 g/mol. The van der Waals surface area contributed by atoms with Crippen molar-refractivity contribution in [2.24, 2.45) is 0 Å². The molecule has 32 heavy (non-hydrogen) atoms. The SMILES string of the molecule is COc1ccc2c(c1)Oc1cc(OC)ccc1C21OC(=O)c2c1cc(C(=O)O)c(Cl)c2Cl. The summed E-state index contributed by atoms with van der Waals surface area (Å²) >= 11 is 12.5. The summed E-state index contributed by atoms with van der Waals surface area (Å²) in [5, 5.41) is 9.26. The minimum Gasteiger partial charge on any atom is -0.497 e. The van der Waals surface area contributed by atoms with Crippen LogP contribution >= 0.6 is 23.2 Å². The number of aromatic carboxylic acids is 1. The third kappa shape index (κ3) is 2.61. The van der Waals surface area contributed by atoms with Crippen LogP contribution in [0, 0.1) is 0 Å². The molecular formula is C23H14Cl2O7. The second kappa shape index (κ2) is 7.05. The molecule has 9 heteroatoms. The first-order valence-corrected chi connectivity index (χ1v) is 10.1. The maximum Gasteiger partial charge on any atom is 0.341 e. The Morgan fingerprint density at radius 3 is 1.97 bits per heavy atom. The van der Waals surface area contributed by atoms with Crippen LogP contribution < -0.4 is 14.2 Å². The van der Waals surface area contributed by atoms with Gasteiger partial charge < -0.3 is 24.1 Å². The highest BCUT2D eigenvalue weighted by molar-refractivity contribution is 6.45. The lowest BCUT2D eigenvalue weighted by molar-refractivity contribution is 0.0224. The second-order valence-corrected chi connectivity index (χ2v) is 7.93. The smallest absolute Gasteiger partial charge is 0.341 e. The van der Waals surface area contributed by atoms with Crippen molar-refractivity contribution < 1.29 is 33.6 Å². The van der Waals surface area contributed by atoms with Crippen molar-refractivity contribution in [2.45, 2.75) is 5.60 Å². The van der Waals surface area contributed by atoms with Gasteiger partial charge in [0.25, 0.3) is 0 Å². The Labute approximate surface area is 192 Å². The van der Waals surface area contributed by atoms with E-state index in [-0.39, 0.29) is 26.7 Å². The summed E-state index contributed by atoms with van der Waals surface area (Å²) in [5.41, 5.74) is -0.519. The van der Waals surface area contributed by atoms with Gasteiger partial charge in [-0.05, 0) is 30.3 Å². The van der Waals surface area contributed by atoms with Gasteiger partial charge in [-0.3, -0.25) is 0 Å². The van der Waals surface area contributed by atoms with Gasteiger partial charge in [0.2, 0.25) is 0 Å². The Hall–Kier alpha value is -3.42. The number of hydrogen-bond donors (Lipinski definition) is 1. The minimum atomic E-state index is -1.51. The first-order valence-electron chi connectivity index (χ1n) is 9.35. The number of esters is 1. The standard InChI is InChI=1S/C23H14Cl2O7/c1-29-10-3-5-13-16(7-10)31-17-8-11(30-2)4-6-14(17)23(13)15-9-12(21(26)27)19(24)20(25)18(15)22(28)32-23/h3-9H,1-2H3,(H,26,27). The number of methoxy groups -OCH3 is 2. The number of carboxylic acid groups (broad SMARTS) is 1. The summed E-state index contributed by atoms with van der Waals surface area (Å²) in [4.78, 5) is 24.9. The Balaban J connectivity index is 1.91. The molecule has 0 unspecified atom stereocenters. The zero-order valence-corrected chi connectivity index (χ0v) is 18.2. The van der Waals surface area contributed by atoms with E-state index in [0.29, 0.717) is 34.1 Å². The lowest BCUT2D eigenvalue weighted by atomic mass is 9.77. The molecule has 5 rings (SSSR count). The van der Waals surface area contributed by atoms with E-state index in [9.17, 15) is 14.7 Å². The molecule has 0 saturated carbocycles. The lowest BCUT2D eigenvalue weighted by Gasteiger charge is -2.36. The molecule has 0 atom stereocenters. The van der Waals surface area contributed by atoms with Gasteiger partial charge in [0.15, 0.2) is 5.60 Å². The molecule has 2 aliphatic rings. The summed E-state index contributed by atoms with van der Waals surface area (Å²) in [6.45, 7) is 0. The first kappa shape index (κ1) is 20.5. The van der Waals surface area contributed by atoms with E-state index in [0.717, 1.165) is 0 Å². The molecule has 0 fully saturated rings. The Kier molecular flexibility index (Phi) is 4.51. The summed E-state index contributed by atoms with van der Waals surface area (Å²) in [6.07, 6.45) is 0. The number of carboxylic acids is 1. The third-order valence-electron chi connectivity index (χ3n) is 5.62. The molecule has 0 bridgehead atoms. The van der Waals surface area contributed by atoms with Gasteiger partial charge in [-0.1, -0.05) is 23.2 Å². The summed E-state index contributed by atoms with van der Waals surface area (Å²) < 4.78 is 22.7. The van der Waals surface area contributed by atoms with Crippen molar-refractivity contribution in [1.29, 1.82) is 0 Å². The van der Waals surface area contributed by atoms with Crippen LogP contribution in [0.2, 0.25) is 10.0 Å². The Bertz CT molecular complexity index is 1280. The van der Waals surface area contributed by atoms with E-state index >= 15 is 0 Å². The van der Waals surface area contributed by atoms with Crippen LogP contribution in [-0.4, -0.2) is 31.3 Å². The fraction of sp³-hybridized carbons (Fsp3) is 0.130. The first-order chi connectivity index (χ1) is 15.3. The molecule has 0 amide bonds. The number of ether oxygens (including phenoxy) is 4. The van der Waals surface area contributed by atoms with Crippen molar-refractivity contribution in [3.05, 3.63) is 80.3 Å². The van der Waals surface area contributed by atoms with Crippen LogP contribution in [0.5, 0.6) is 23.0 Å². The number of carbonyl (C=O) groups excluding carboxylic acids is 1. The van der Waals surface area contributed by atoms with Gasteiger partial charge in [0.1, 0.15) is 23.0 Å². The number of fused-ring (bicyclic) bond motifs is 6. The normalized spacial score (nSPS) is 14.7. The van der Waals surface area contributed by atoms with Crippen LogP contribution in [-0.2, 0) is 10.3 Å². The van der Waals surface area contributed by atoms with Gasteiger partial charge in [0, 0.05) is 28.8 Å². The predicted octanol–water partition coefficient (Wildman–Crippen LogP) is 5.28. The lowest BCUT2D eigenvalue weighted by Crippen LogP contribution is -2.33. The Morgan fingerprint density at radius 1 is 0.906 bits per heavy atom.